The van der Waals surface area contributed by atoms with Gasteiger partial charge in [0, 0.05) is 43.0 Å². The second kappa shape index (κ2) is 12.7. The van der Waals surface area contributed by atoms with Gasteiger partial charge in [-0.05, 0) is 83.3 Å². The minimum atomic E-state index is -0.261. The van der Waals surface area contributed by atoms with Crippen molar-refractivity contribution < 1.29 is 23.5 Å². The summed E-state index contributed by atoms with van der Waals surface area (Å²) >= 11 is 0. The predicted octanol–water partition coefficient (Wildman–Crippen LogP) is 5.58. The van der Waals surface area contributed by atoms with E-state index >= 15 is 0 Å². The van der Waals surface area contributed by atoms with Gasteiger partial charge < -0.3 is 20.1 Å². The number of nitrogens with one attached hydrogen (secondary N) is 2. The van der Waals surface area contributed by atoms with Crippen molar-refractivity contribution >= 4 is 17.5 Å². The molecule has 2 N–H and O–H groups in total. The summed E-state index contributed by atoms with van der Waals surface area (Å²) in [4.78, 5) is 28.1. The Bertz CT molecular complexity index is 1550. The first-order chi connectivity index (χ1) is 19.9. The summed E-state index contributed by atoms with van der Waals surface area (Å²) in [6, 6.07) is 24.8. The first-order valence-corrected chi connectivity index (χ1v) is 13.4. The Labute approximate surface area is 238 Å². The van der Waals surface area contributed by atoms with Crippen LogP contribution in [0.3, 0.4) is 0 Å². The van der Waals surface area contributed by atoms with Crippen molar-refractivity contribution in [2.75, 3.05) is 26.1 Å². The monoisotopic (exact) mass is 553 g/mol. The van der Waals surface area contributed by atoms with Crippen LogP contribution in [0.5, 0.6) is 11.5 Å². The van der Waals surface area contributed by atoms with Crippen molar-refractivity contribution in [1.82, 2.24) is 10.2 Å². The number of fused-ring (bicyclic) bond motifs is 1. The molecule has 0 aliphatic carbocycles. The standard InChI is InChI=1S/C33H32FN3O4/c1-40-30-13-9-26(18-31(30)41-2)32(38)35-19-23-4-3-5-25(16-23)33(39)36-29-12-8-24-14-15-37(21-27(24)17-29)20-22-6-10-28(34)11-7-22/h3-13,16-18H,14-15,19-21H2,1-2H3,(H,35,38)(H,36,39). The van der Waals surface area contributed by atoms with E-state index in [1.165, 1.54) is 37.5 Å². The average Bonchev–Trinajstić information content (AvgIpc) is 3.00. The van der Waals surface area contributed by atoms with Gasteiger partial charge in [0.05, 0.1) is 14.2 Å². The zero-order valence-corrected chi connectivity index (χ0v) is 23.1. The zero-order valence-electron chi connectivity index (χ0n) is 23.1. The highest BCUT2D eigenvalue weighted by Gasteiger charge is 2.18. The predicted molar refractivity (Wildman–Crippen MR) is 156 cm³/mol. The third kappa shape index (κ3) is 6.91. The van der Waals surface area contributed by atoms with Gasteiger partial charge in [-0.15, -0.1) is 0 Å². The van der Waals surface area contributed by atoms with Crippen molar-refractivity contribution in [3.05, 3.63) is 124 Å². The van der Waals surface area contributed by atoms with E-state index < -0.39 is 0 Å². The minimum absolute atomic E-state index is 0.225. The maximum Gasteiger partial charge on any atom is 0.255 e. The highest BCUT2D eigenvalue weighted by molar-refractivity contribution is 6.04. The first kappa shape index (κ1) is 27.9. The molecule has 1 aliphatic rings. The van der Waals surface area contributed by atoms with Gasteiger partial charge >= 0.3 is 0 Å². The number of amides is 2. The largest absolute Gasteiger partial charge is 0.493 e. The summed E-state index contributed by atoms with van der Waals surface area (Å²) in [5.41, 5.74) is 5.98. The first-order valence-electron chi connectivity index (χ1n) is 13.4. The van der Waals surface area contributed by atoms with Gasteiger partial charge in [0.25, 0.3) is 11.8 Å². The summed E-state index contributed by atoms with van der Waals surface area (Å²) in [6.07, 6.45) is 0.918. The molecule has 1 aliphatic heterocycles. The number of nitrogens with zero attached hydrogens (tertiary/aromatic N) is 1. The lowest BCUT2D eigenvalue weighted by Crippen LogP contribution is -2.30. The molecule has 7 nitrogen and oxygen atoms in total. The number of ether oxygens (including phenoxy) is 2. The van der Waals surface area contributed by atoms with Crippen LogP contribution in [0.2, 0.25) is 0 Å². The Morgan fingerprint density at radius 2 is 1.59 bits per heavy atom. The number of carbonyl (C=O) groups is 2. The number of halogens is 1. The smallest absolute Gasteiger partial charge is 0.255 e. The molecule has 0 atom stereocenters. The summed E-state index contributed by atoms with van der Waals surface area (Å²) in [5.74, 6) is 0.300. The molecule has 0 bridgehead atoms. The van der Waals surface area contributed by atoms with Gasteiger partial charge in [-0.25, -0.2) is 4.39 Å². The molecule has 0 radical (unpaired) electrons. The summed E-state index contributed by atoms with van der Waals surface area (Å²) < 4.78 is 23.8. The van der Waals surface area contributed by atoms with Crippen LogP contribution in [0, 0.1) is 5.82 Å². The van der Waals surface area contributed by atoms with Gasteiger partial charge in [-0.2, -0.15) is 0 Å². The second-order valence-electron chi connectivity index (χ2n) is 9.98. The number of rotatable bonds is 9. The van der Waals surface area contributed by atoms with Crippen LogP contribution in [0.4, 0.5) is 10.1 Å². The van der Waals surface area contributed by atoms with E-state index in [2.05, 4.69) is 21.6 Å². The molecule has 0 saturated heterocycles. The fourth-order valence-electron chi connectivity index (χ4n) is 4.96. The summed E-state index contributed by atoms with van der Waals surface area (Å²) in [7, 11) is 3.06. The minimum Gasteiger partial charge on any atom is -0.493 e. The molecule has 0 aromatic heterocycles. The van der Waals surface area contributed by atoms with Crippen molar-refractivity contribution in [3.63, 3.8) is 0 Å². The normalized spacial score (nSPS) is 12.8. The SMILES string of the molecule is COc1ccc(C(=O)NCc2cccc(C(=O)Nc3ccc4c(c3)CN(Cc3ccc(F)cc3)CC4)c2)cc1OC. The summed E-state index contributed by atoms with van der Waals surface area (Å²) in [5, 5.41) is 5.90. The lowest BCUT2D eigenvalue weighted by molar-refractivity contribution is 0.0950. The molecule has 4 aromatic carbocycles. The third-order valence-corrected chi connectivity index (χ3v) is 7.16. The molecule has 4 aromatic rings. The van der Waals surface area contributed by atoms with Gasteiger partial charge in [0.15, 0.2) is 11.5 Å². The average molecular weight is 554 g/mol. The third-order valence-electron chi connectivity index (χ3n) is 7.16. The van der Waals surface area contributed by atoms with E-state index in [0.29, 0.717) is 22.6 Å². The molecule has 0 fully saturated rings. The van der Waals surface area contributed by atoms with E-state index in [0.717, 1.165) is 42.9 Å². The van der Waals surface area contributed by atoms with E-state index in [-0.39, 0.29) is 24.2 Å². The van der Waals surface area contributed by atoms with Crippen molar-refractivity contribution in [1.29, 1.82) is 0 Å². The van der Waals surface area contributed by atoms with Crippen molar-refractivity contribution in [3.8, 4) is 11.5 Å². The van der Waals surface area contributed by atoms with E-state index in [1.54, 1.807) is 36.4 Å². The Kier molecular flexibility index (Phi) is 8.60. The van der Waals surface area contributed by atoms with Crippen LogP contribution in [0.25, 0.3) is 0 Å². The lowest BCUT2D eigenvalue weighted by atomic mass is 9.98. The second-order valence-corrected chi connectivity index (χ2v) is 9.98. The highest BCUT2D eigenvalue weighted by atomic mass is 19.1. The number of anilines is 1. The Balaban J connectivity index is 1.20. The maximum atomic E-state index is 13.3. The van der Waals surface area contributed by atoms with Gasteiger partial charge in [-0.3, -0.25) is 14.5 Å². The van der Waals surface area contributed by atoms with Gasteiger partial charge in [-0.1, -0.05) is 30.3 Å². The van der Waals surface area contributed by atoms with Gasteiger partial charge in [0.2, 0.25) is 0 Å². The van der Waals surface area contributed by atoms with E-state index in [1.807, 2.05) is 30.3 Å². The molecular formula is C33H32FN3O4. The van der Waals surface area contributed by atoms with Gasteiger partial charge in [0.1, 0.15) is 5.82 Å². The fraction of sp³-hybridized carbons (Fsp3) is 0.212. The molecule has 8 heteroatoms. The number of carbonyl (C=O) groups excluding carboxylic acids is 2. The summed E-state index contributed by atoms with van der Waals surface area (Å²) in [6.45, 7) is 2.68. The molecule has 0 unspecified atom stereocenters. The molecule has 210 valence electrons. The van der Waals surface area contributed by atoms with Crippen LogP contribution < -0.4 is 20.1 Å². The molecule has 0 saturated carbocycles. The Hall–Kier alpha value is -4.69. The van der Waals surface area contributed by atoms with Crippen LogP contribution >= 0.6 is 0 Å². The maximum absolute atomic E-state index is 13.3. The number of hydrogen-bond donors (Lipinski definition) is 2. The molecular weight excluding hydrogens is 521 g/mol. The fourth-order valence-corrected chi connectivity index (χ4v) is 4.96. The molecule has 1 heterocycles. The van der Waals surface area contributed by atoms with E-state index in [9.17, 15) is 14.0 Å². The van der Waals surface area contributed by atoms with Crippen molar-refractivity contribution in [2.45, 2.75) is 26.1 Å². The van der Waals surface area contributed by atoms with Crippen LogP contribution in [0.15, 0.2) is 84.9 Å². The highest BCUT2D eigenvalue weighted by Crippen LogP contribution is 2.28. The zero-order chi connectivity index (χ0) is 28.8. The number of benzene rings is 4. The molecule has 0 spiro atoms. The molecule has 2 amide bonds. The topological polar surface area (TPSA) is 79.9 Å². The van der Waals surface area contributed by atoms with E-state index in [4.69, 9.17) is 9.47 Å². The quantitative estimate of drug-likeness (QED) is 0.283. The molecule has 41 heavy (non-hydrogen) atoms. The Morgan fingerprint density at radius 3 is 2.37 bits per heavy atom. The number of methoxy groups -OCH3 is 2. The molecule has 5 rings (SSSR count). The van der Waals surface area contributed by atoms with Crippen molar-refractivity contribution in [2.24, 2.45) is 0 Å². The van der Waals surface area contributed by atoms with Crippen LogP contribution in [0.1, 0.15) is 43.0 Å². The van der Waals surface area contributed by atoms with Crippen LogP contribution in [-0.2, 0) is 26.1 Å². The lowest BCUT2D eigenvalue weighted by Gasteiger charge is -2.29. The number of hydrogen-bond acceptors (Lipinski definition) is 5. The Morgan fingerprint density at radius 1 is 0.805 bits per heavy atom. The van der Waals surface area contributed by atoms with Crippen LogP contribution in [-0.4, -0.2) is 37.5 Å².